The third-order valence-electron chi connectivity index (χ3n) is 5.66. The number of benzene rings is 2. The minimum atomic E-state index is -3.74. The highest BCUT2D eigenvalue weighted by Gasteiger charge is 2.34. The van der Waals surface area contributed by atoms with Gasteiger partial charge in [-0.3, -0.25) is 9.59 Å². The highest BCUT2D eigenvalue weighted by atomic mass is 32.2. The maximum absolute atomic E-state index is 13.2. The van der Waals surface area contributed by atoms with Crippen molar-refractivity contribution in [2.45, 2.75) is 31.2 Å². The van der Waals surface area contributed by atoms with Crippen LogP contribution in [0.4, 0.5) is 5.69 Å². The molecular formula is C22H25N3O5S. The number of hydrogen-bond donors (Lipinski definition) is 2. The number of anilines is 1. The summed E-state index contributed by atoms with van der Waals surface area (Å²) in [5.74, 6) is -0.178. The Morgan fingerprint density at radius 2 is 1.90 bits per heavy atom. The molecule has 9 heteroatoms. The predicted molar refractivity (Wildman–Crippen MR) is 115 cm³/mol. The maximum Gasteiger partial charge on any atom is 0.262 e. The fourth-order valence-corrected chi connectivity index (χ4v) is 5.61. The van der Waals surface area contributed by atoms with Gasteiger partial charge in [0.2, 0.25) is 15.9 Å². The van der Waals surface area contributed by atoms with Gasteiger partial charge in [-0.05, 0) is 37.0 Å². The van der Waals surface area contributed by atoms with Crippen LogP contribution in [0, 0.1) is 12.8 Å². The number of ether oxygens (including phenoxy) is 1. The summed E-state index contributed by atoms with van der Waals surface area (Å²) in [5, 5.41) is 5.63. The molecule has 0 atom stereocenters. The molecular weight excluding hydrogens is 418 g/mol. The average molecular weight is 444 g/mol. The zero-order chi connectivity index (χ0) is 22.0. The van der Waals surface area contributed by atoms with E-state index in [2.05, 4.69) is 10.6 Å². The van der Waals surface area contributed by atoms with Crippen molar-refractivity contribution in [1.29, 1.82) is 0 Å². The predicted octanol–water partition coefficient (Wildman–Crippen LogP) is 2.04. The van der Waals surface area contributed by atoms with E-state index in [9.17, 15) is 18.0 Å². The van der Waals surface area contributed by atoms with Crippen molar-refractivity contribution in [3.05, 3.63) is 53.6 Å². The molecule has 31 heavy (non-hydrogen) atoms. The van der Waals surface area contributed by atoms with E-state index < -0.39 is 10.0 Å². The first-order valence-electron chi connectivity index (χ1n) is 10.2. The third-order valence-corrected chi connectivity index (χ3v) is 7.70. The van der Waals surface area contributed by atoms with Crippen LogP contribution < -0.4 is 15.4 Å². The van der Waals surface area contributed by atoms with Crippen LogP contribution in [0.3, 0.4) is 0 Å². The van der Waals surface area contributed by atoms with E-state index >= 15 is 0 Å². The second kappa shape index (κ2) is 8.68. The van der Waals surface area contributed by atoms with Gasteiger partial charge in [-0.1, -0.05) is 30.3 Å². The van der Waals surface area contributed by atoms with Gasteiger partial charge in [0.15, 0.2) is 6.61 Å². The van der Waals surface area contributed by atoms with E-state index in [4.69, 9.17) is 4.74 Å². The van der Waals surface area contributed by atoms with Gasteiger partial charge in [-0.15, -0.1) is 0 Å². The zero-order valence-corrected chi connectivity index (χ0v) is 18.1. The van der Waals surface area contributed by atoms with E-state index in [0.29, 0.717) is 36.4 Å². The number of hydrogen-bond acceptors (Lipinski definition) is 5. The zero-order valence-electron chi connectivity index (χ0n) is 17.3. The number of rotatable bonds is 5. The third kappa shape index (κ3) is 4.57. The Kier molecular flexibility index (Phi) is 5.97. The van der Waals surface area contributed by atoms with Crippen LogP contribution in [-0.2, 0) is 26.2 Å². The molecule has 0 aromatic heterocycles. The Labute approximate surface area is 181 Å². The van der Waals surface area contributed by atoms with Crippen LogP contribution in [-0.4, -0.2) is 44.2 Å². The van der Waals surface area contributed by atoms with Crippen molar-refractivity contribution in [3.63, 3.8) is 0 Å². The van der Waals surface area contributed by atoms with Crippen molar-refractivity contribution in [3.8, 4) is 5.75 Å². The quantitative estimate of drug-likeness (QED) is 0.736. The molecule has 0 saturated carbocycles. The minimum Gasteiger partial charge on any atom is -0.482 e. The van der Waals surface area contributed by atoms with Crippen LogP contribution >= 0.6 is 0 Å². The number of nitrogens with one attached hydrogen (secondary N) is 2. The second-order valence-corrected chi connectivity index (χ2v) is 9.74. The van der Waals surface area contributed by atoms with Crippen LogP contribution in [0.15, 0.2) is 47.4 Å². The number of sulfonamides is 1. The SMILES string of the molecule is Cc1cc2c(cc1S(=O)(=O)N1CCC(C(=O)NCc3ccccc3)CC1)OCC(=O)N2. The molecule has 2 aromatic rings. The lowest BCUT2D eigenvalue weighted by Crippen LogP contribution is -2.43. The largest absolute Gasteiger partial charge is 0.482 e. The maximum atomic E-state index is 13.2. The van der Waals surface area contributed by atoms with Gasteiger partial charge in [0.25, 0.3) is 5.91 Å². The van der Waals surface area contributed by atoms with Crippen LogP contribution in [0.1, 0.15) is 24.0 Å². The van der Waals surface area contributed by atoms with Crippen molar-refractivity contribution >= 4 is 27.5 Å². The Morgan fingerprint density at radius 1 is 1.19 bits per heavy atom. The van der Waals surface area contributed by atoms with E-state index in [1.54, 1.807) is 13.0 Å². The van der Waals surface area contributed by atoms with Crippen molar-refractivity contribution in [2.24, 2.45) is 5.92 Å². The van der Waals surface area contributed by atoms with Gasteiger partial charge in [-0.2, -0.15) is 4.31 Å². The monoisotopic (exact) mass is 443 g/mol. The number of amides is 2. The van der Waals surface area contributed by atoms with E-state index in [-0.39, 0.29) is 42.3 Å². The molecule has 2 aliphatic heterocycles. The van der Waals surface area contributed by atoms with Gasteiger partial charge < -0.3 is 15.4 Å². The summed E-state index contributed by atoms with van der Waals surface area (Å²) >= 11 is 0. The highest BCUT2D eigenvalue weighted by molar-refractivity contribution is 7.89. The first-order valence-corrected chi connectivity index (χ1v) is 11.7. The first-order chi connectivity index (χ1) is 14.8. The van der Waals surface area contributed by atoms with E-state index in [1.807, 2.05) is 30.3 Å². The van der Waals surface area contributed by atoms with E-state index in [0.717, 1.165) is 5.56 Å². The van der Waals surface area contributed by atoms with Crippen LogP contribution in [0.25, 0.3) is 0 Å². The lowest BCUT2D eigenvalue weighted by Gasteiger charge is -2.31. The van der Waals surface area contributed by atoms with Crippen molar-refractivity contribution < 1.29 is 22.7 Å². The average Bonchev–Trinajstić information content (AvgIpc) is 2.77. The molecule has 2 aliphatic rings. The minimum absolute atomic E-state index is 0.0463. The van der Waals surface area contributed by atoms with E-state index in [1.165, 1.54) is 10.4 Å². The molecule has 2 N–H and O–H groups in total. The van der Waals surface area contributed by atoms with Gasteiger partial charge in [0.05, 0.1) is 10.6 Å². The molecule has 2 aromatic carbocycles. The summed E-state index contributed by atoms with van der Waals surface area (Å²) in [6, 6.07) is 12.8. The van der Waals surface area contributed by atoms with Gasteiger partial charge >= 0.3 is 0 Å². The van der Waals surface area contributed by atoms with Gasteiger partial charge in [0, 0.05) is 31.6 Å². The Balaban J connectivity index is 1.40. The Hall–Kier alpha value is -2.91. The molecule has 0 bridgehead atoms. The Bertz CT molecular complexity index is 1090. The molecule has 1 fully saturated rings. The molecule has 2 amide bonds. The van der Waals surface area contributed by atoms with Crippen molar-refractivity contribution in [1.82, 2.24) is 9.62 Å². The smallest absolute Gasteiger partial charge is 0.262 e. The number of carbonyl (C=O) groups is 2. The molecule has 1 saturated heterocycles. The fraction of sp³-hybridized carbons (Fsp3) is 0.364. The summed E-state index contributed by atoms with van der Waals surface area (Å²) in [4.78, 5) is 24.2. The summed E-state index contributed by atoms with van der Waals surface area (Å²) in [5.41, 5.74) is 2.03. The van der Waals surface area contributed by atoms with Gasteiger partial charge in [0.1, 0.15) is 5.75 Å². The standard InChI is InChI=1S/C22H25N3O5S/c1-15-11-18-19(30-14-21(26)24-18)12-20(15)31(28,29)25-9-7-17(8-10-25)22(27)23-13-16-5-3-2-4-6-16/h2-6,11-12,17H,7-10,13-14H2,1H3,(H,23,27)(H,24,26). The number of fused-ring (bicyclic) bond motifs is 1. The fourth-order valence-electron chi connectivity index (χ4n) is 3.92. The molecule has 0 spiro atoms. The summed E-state index contributed by atoms with van der Waals surface area (Å²) in [6.45, 7) is 2.57. The number of carbonyl (C=O) groups excluding carboxylic acids is 2. The number of nitrogens with zero attached hydrogens (tertiary/aromatic N) is 1. The number of piperidine rings is 1. The lowest BCUT2D eigenvalue weighted by atomic mass is 9.97. The van der Waals surface area contributed by atoms with Crippen LogP contribution in [0.5, 0.6) is 5.75 Å². The molecule has 164 valence electrons. The molecule has 4 rings (SSSR count). The molecule has 0 aliphatic carbocycles. The highest BCUT2D eigenvalue weighted by Crippen LogP contribution is 2.35. The lowest BCUT2D eigenvalue weighted by molar-refractivity contribution is -0.126. The number of aryl methyl sites for hydroxylation is 1. The van der Waals surface area contributed by atoms with Gasteiger partial charge in [-0.25, -0.2) is 8.42 Å². The summed E-state index contributed by atoms with van der Waals surface area (Å²) in [6.07, 6.45) is 0.937. The topological polar surface area (TPSA) is 105 Å². The normalized spacial score (nSPS) is 17.4. The molecule has 2 heterocycles. The summed E-state index contributed by atoms with van der Waals surface area (Å²) < 4.78 is 33.3. The van der Waals surface area contributed by atoms with Crippen molar-refractivity contribution in [2.75, 3.05) is 25.0 Å². The summed E-state index contributed by atoms with van der Waals surface area (Å²) in [7, 11) is -3.74. The molecule has 8 nitrogen and oxygen atoms in total. The molecule has 0 radical (unpaired) electrons. The van der Waals surface area contributed by atoms with Crippen LogP contribution in [0.2, 0.25) is 0 Å². The molecule has 0 unspecified atom stereocenters. The Morgan fingerprint density at radius 3 is 2.61 bits per heavy atom. The first kappa shape index (κ1) is 21.3. The second-order valence-electron chi connectivity index (χ2n) is 7.83.